The Kier molecular flexibility index (Phi) is 7.10. The summed E-state index contributed by atoms with van der Waals surface area (Å²) in [4.78, 5) is 12.8. The lowest BCUT2D eigenvalue weighted by Crippen LogP contribution is -2.05. The average molecular weight is 460 g/mol. The summed E-state index contributed by atoms with van der Waals surface area (Å²) in [7, 11) is 1.60. The van der Waals surface area contributed by atoms with Gasteiger partial charge in [0.25, 0.3) is 0 Å². The van der Waals surface area contributed by atoms with Gasteiger partial charge in [-0.3, -0.25) is 9.36 Å². The molecule has 0 spiro atoms. The van der Waals surface area contributed by atoms with Crippen LogP contribution in [0.4, 0.5) is 0 Å². The SMILES string of the molecule is CCOc1ccc(-n2c(SCC(=O)c3ccc(OC)cc3)nnc2-c2ccc(C)cc2)cc1. The largest absolute Gasteiger partial charge is 0.497 e. The van der Waals surface area contributed by atoms with Crippen molar-refractivity contribution in [3.05, 3.63) is 83.9 Å². The highest BCUT2D eigenvalue weighted by Crippen LogP contribution is 2.29. The van der Waals surface area contributed by atoms with Gasteiger partial charge < -0.3 is 9.47 Å². The number of rotatable bonds is 9. The number of ketones is 1. The van der Waals surface area contributed by atoms with Crippen molar-refractivity contribution in [3.63, 3.8) is 0 Å². The molecule has 0 aliphatic rings. The van der Waals surface area contributed by atoms with E-state index >= 15 is 0 Å². The van der Waals surface area contributed by atoms with Crippen LogP contribution in [0.2, 0.25) is 0 Å². The van der Waals surface area contributed by atoms with E-state index in [4.69, 9.17) is 9.47 Å². The van der Waals surface area contributed by atoms with Crippen molar-refractivity contribution in [3.8, 4) is 28.6 Å². The van der Waals surface area contributed by atoms with Gasteiger partial charge in [0.05, 0.1) is 19.5 Å². The molecule has 0 amide bonds. The average Bonchev–Trinajstić information content (AvgIpc) is 3.27. The van der Waals surface area contributed by atoms with Crippen LogP contribution < -0.4 is 9.47 Å². The number of benzene rings is 3. The number of aromatic nitrogens is 3. The third-order valence-electron chi connectivity index (χ3n) is 5.09. The summed E-state index contributed by atoms with van der Waals surface area (Å²) >= 11 is 1.37. The first-order valence-electron chi connectivity index (χ1n) is 10.6. The maximum Gasteiger partial charge on any atom is 0.196 e. The lowest BCUT2D eigenvalue weighted by molar-refractivity contribution is 0.102. The first-order valence-corrected chi connectivity index (χ1v) is 11.6. The number of thioether (sulfide) groups is 1. The fraction of sp³-hybridized carbons (Fsp3) is 0.192. The molecule has 6 nitrogen and oxygen atoms in total. The number of Topliss-reactive ketones (excluding diaryl/α,β-unsaturated/α-hetero) is 1. The molecule has 0 atom stereocenters. The fourth-order valence-corrected chi connectivity index (χ4v) is 4.18. The Balaban J connectivity index is 1.64. The number of nitrogens with zero attached hydrogens (tertiary/aromatic N) is 3. The second-order valence-corrected chi connectivity index (χ2v) is 8.32. The molecule has 0 aliphatic carbocycles. The number of carbonyl (C=O) groups is 1. The maximum absolute atomic E-state index is 12.8. The number of carbonyl (C=O) groups excluding carboxylic acids is 1. The summed E-state index contributed by atoms with van der Waals surface area (Å²) < 4.78 is 12.7. The van der Waals surface area contributed by atoms with Crippen molar-refractivity contribution in [2.24, 2.45) is 0 Å². The zero-order valence-corrected chi connectivity index (χ0v) is 19.6. The zero-order valence-electron chi connectivity index (χ0n) is 18.8. The molecule has 3 aromatic carbocycles. The van der Waals surface area contributed by atoms with Gasteiger partial charge in [-0.15, -0.1) is 10.2 Å². The molecule has 0 saturated heterocycles. The molecule has 1 aromatic heterocycles. The van der Waals surface area contributed by atoms with E-state index in [0.717, 1.165) is 28.6 Å². The van der Waals surface area contributed by atoms with Crippen LogP contribution in [0.25, 0.3) is 17.1 Å². The van der Waals surface area contributed by atoms with Gasteiger partial charge in [0.1, 0.15) is 11.5 Å². The van der Waals surface area contributed by atoms with Crippen molar-refractivity contribution < 1.29 is 14.3 Å². The van der Waals surface area contributed by atoms with Gasteiger partial charge in [-0.05, 0) is 62.4 Å². The summed E-state index contributed by atoms with van der Waals surface area (Å²) in [6.07, 6.45) is 0. The molecule has 168 valence electrons. The van der Waals surface area contributed by atoms with E-state index in [9.17, 15) is 4.79 Å². The van der Waals surface area contributed by atoms with E-state index in [1.165, 1.54) is 17.3 Å². The van der Waals surface area contributed by atoms with Gasteiger partial charge in [-0.1, -0.05) is 41.6 Å². The third kappa shape index (κ3) is 5.26. The van der Waals surface area contributed by atoms with Crippen LogP contribution in [0.15, 0.2) is 78.0 Å². The monoisotopic (exact) mass is 459 g/mol. The highest BCUT2D eigenvalue weighted by molar-refractivity contribution is 7.99. The molecular weight excluding hydrogens is 434 g/mol. The molecule has 33 heavy (non-hydrogen) atoms. The van der Waals surface area contributed by atoms with Crippen LogP contribution in [-0.4, -0.2) is 40.0 Å². The number of hydrogen-bond acceptors (Lipinski definition) is 6. The predicted molar refractivity (Wildman–Crippen MR) is 131 cm³/mol. The number of ether oxygens (including phenoxy) is 2. The molecule has 4 rings (SSSR count). The molecule has 7 heteroatoms. The van der Waals surface area contributed by atoms with Gasteiger partial charge in [0.15, 0.2) is 16.8 Å². The second kappa shape index (κ2) is 10.4. The first-order chi connectivity index (χ1) is 16.1. The fourth-order valence-electron chi connectivity index (χ4n) is 3.33. The topological polar surface area (TPSA) is 66.2 Å². The van der Waals surface area contributed by atoms with Crippen molar-refractivity contribution in [1.29, 1.82) is 0 Å². The summed E-state index contributed by atoms with van der Waals surface area (Å²) in [5.74, 6) is 2.50. The Morgan fingerprint density at radius 3 is 2.21 bits per heavy atom. The number of hydrogen-bond donors (Lipinski definition) is 0. The molecule has 1 heterocycles. The Labute approximate surface area is 197 Å². The molecule has 0 saturated carbocycles. The summed E-state index contributed by atoms with van der Waals surface area (Å²) in [6, 6.07) is 23.1. The standard InChI is InChI=1S/C26H25N3O3S/c1-4-32-23-15-11-21(12-16-23)29-25(20-7-5-18(2)6-8-20)27-28-26(29)33-17-24(30)19-9-13-22(31-3)14-10-19/h5-16H,4,17H2,1-3H3. The van der Waals surface area contributed by atoms with E-state index in [1.807, 2.05) is 66.9 Å². The van der Waals surface area contributed by atoms with Crippen molar-refractivity contribution in [1.82, 2.24) is 14.8 Å². The Bertz CT molecular complexity index is 1220. The first kappa shape index (κ1) is 22.6. The van der Waals surface area contributed by atoms with E-state index < -0.39 is 0 Å². The highest BCUT2D eigenvalue weighted by Gasteiger charge is 2.18. The van der Waals surface area contributed by atoms with Crippen molar-refractivity contribution in [2.45, 2.75) is 19.0 Å². The minimum absolute atomic E-state index is 0.0146. The van der Waals surface area contributed by atoms with Gasteiger partial charge in [0.2, 0.25) is 0 Å². The van der Waals surface area contributed by atoms with E-state index in [2.05, 4.69) is 10.2 Å². The number of aryl methyl sites for hydroxylation is 1. The molecule has 0 unspecified atom stereocenters. The van der Waals surface area contributed by atoms with Crippen LogP contribution in [0.1, 0.15) is 22.8 Å². The summed E-state index contributed by atoms with van der Waals surface area (Å²) in [5, 5.41) is 9.52. The van der Waals surface area contributed by atoms with E-state index in [1.54, 1.807) is 31.4 Å². The van der Waals surface area contributed by atoms with E-state index in [-0.39, 0.29) is 11.5 Å². The minimum Gasteiger partial charge on any atom is -0.497 e. The van der Waals surface area contributed by atoms with Gasteiger partial charge in [-0.2, -0.15) is 0 Å². The Morgan fingerprint density at radius 2 is 1.58 bits per heavy atom. The molecule has 0 aliphatic heterocycles. The molecule has 0 radical (unpaired) electrons. The second-order valence-electron chi connectivity index (χ2n) is 7.37. The quantitative estimate of drug-likeness (QED) is 0.239. The zero-order chi connectivity index (χ0) is 23.2. The van der Waals surface area contributed by atoms with Gasteiger partial charge >= 0.3 is 0 Å². The Hall–Kier alpha value is -3.58. The lowest BCUT2D eigenvalue weighted by Gasteiger charge is -2.11. The maximum atomic E-state index is 12.8. The Morgan fingerprint density at radius 1 is 0.909 bits per heavy atom. The molecule has 0 bridgehead atoms. The van der Waals surface area contributed by atoms with Crippen LogP contribution >= 0.6 is 11.8 Å². The smallest absolute Gasteiger partial charge is 0.196 e. The molecule has 4 aromatic rings. The van der Waals surface area contributed by atoms with Crippen LogP contribution in [0, 0.1) is 6.92 Å². The number of methoxy groups -OCH3 is 1. The summed E-state index contributed by atoms with van der Waals surface area (Å²) in [6.45, 7) is 4.61. The van der Waals surface area contributed by atoms with Crippen molar-refractivity contribution >= 4 is 17.5 Å². The predicted octanol–water partition coefficient (Wildman–Crippen LogP) is 5.63. The minimum atomic E-state index is 0.0146. The molecule has 0 fully saturated rings. The van der Waals surface area contributed by atoms with Crippen molar-refractivity contribution in [2.75, 3.05) is 19.5 Å². The highest BCUT2D eigenvalue weighted by atomic mass is 32.2. The molecule has 0 N–H and O–H groups in total. The van der Waals surface area contributed by atoms with Crippen LogP contribution in [0.5, 0.6) is 11.5 Å². The van der Waals surface area contributed by atoms with Crippen LogP contribution in [-0.2, 0) is 0 Å². The normalized spacial score (nSPS) is 10.8. The molecular formula is C26H25N3O3S. The van der Waals surface area contributed by atoms with Gasteiger partial charge in [0, 0.05) is 16.8 Å². The van der Waals surface area contributed by atoms with E-state index in [0.29, 0.717) is 17.3 Å². The third-order valence-corrected chi connectivity index (χ3v) is 6.02. The summed E-state index contributed by atoms with van der Waals surface area (Å²) in [5.41, 5.74) is 3.66. The lowest BCUT2D eigenvalue weighted by atomic mass is 10.1. The van der Waals surface area contributed by atoms with Gasteiger partial charge in [-0.25, -0.2) is 0 Å². The van der Waals surface area contributed by atoms with Crippen LogP contribution in [0.3, 0.4) is 0 Å².